The van der Waals surface area contributed by atoms with Crippen LogP contribution in [0.3, 0.4) is 0 Å². The molecule has 36 heavy (non-hydrogen) atoms. The summed E-state index contributed by atoms with van der Waals surface area (Å²) in [5.74, 6) is -0.422. The van der Waals surface area contributed by atoms with Crippen molar-refractivity contribution in [2.75, 3.05) is 13.6 Å². The molecule has 0 atom stereocenters. The van der Waals surface area contributed by atoms with Crippen LogP contribution in [-0.4, -0.2) is 48.3 Å². The number of pyridine rings is 1. The molecule has 9 nitrogen and oxygen atoms in total. The van der Waals surface area contributed by atoms with Gasteiger partial charge in [0.1, 0.15) is 5.76 Å². The number of aliphatic carboxylic acids is 1. The van der Waals surface area contributed by atoms with Gasteiger partial charge >= 0.3 is 5.97 Å². The predicted octanol–water partition coefficient (Wildman–Crippen LogP) is 4.01. The fourth-order valence-electron chi connectivity index (χ4n) is 4.35. The van der Waals surface area contributed by atoms with Gasteiger partial charge in [-0.3, -0.25) is 9.59 Å². The van der Waals surface area contributed by atoms with E-state index in [9.17, 15) is 18.0 Å². The van der Waals surface area contributed by atoms with Gasteiger partial charge in [-0.2, -0.15) is 4.31 Å². The maximum absolute atomic E-state index is 12.9. The van der Waals surface area contributed by atoms with E-state index in [-0.39, 0.29) is 24.8 Å². The van der Waals surface area contributed by atoms with Gasteiger partial charge in [-0.15, -0.1) is 0 Å². The summed E-state index contributed by atoms with van der Waals surface area (Å²) in [6.45, 7) is 2.38. The Labute approximate surface area is 211 Å². The lowest BCUT2D eigenvalue weighted by molar-refractivity contribution is -0.137. The lowest BCUT2D eigenvalue weighted by Crippen LogP contribution is -2.24. The molecule has 1 aliphatic rings. The van der Waals surface area contributed by atoms with Crippen molar-refractivity contribution in [1.82, 2.24) is 14.6 Å². The Morgan fingerprint density at radius 1 is 1.17 bits per heavy atom. The molecule has 0 bridgehead atoms. The molecule has 0 radical (unpaired) electrons. The molecule has 0 spiro atoms. The fourth-order valence-corrected chi connectivity index (χ4v) is 4.90. The van der Waals surface area contributed by atoms with Gasteiger partial charge in [-0.1, -0.05) is 36.2 Å². The summed E-state index contributed by atoms with van der Waals surface area (Å²) in [6, 6.07) is 9.63. The monoisotopic (exact) mass is 513 g/mol. The van der Waals surface area contributed by atoms with Crippen LogP contribution in [0.5, 0.6) is 0 Å². The summed E-state index contributed by atoms with van der Waals surface area (Å²) < 4.78 is 31.5. The normalized spacial score (nSPS) is 13.6. The number of carboxylic acid groups (broad SMARTS) is 1. The summed E-state index contributed by atoms with van der Waals surface area (Å²) in [6.07, 6.45) is 3.74. The van der Waals surface area contributed by atoms with E-state index in [1.54, 1.807) is 7.05 Å². The Morgan fingerprint density at radius 3 is 2.50 bits per heavy atom. The van der Waals surface area contributed by atoms with E-state index in [0.717, 1.165) is 29.5 Å². The first-order chi connectivity index (χ1) is 17.3. The Balaban J connectivity index is 1.69. The third-order valence-corrected chi connectivity index (χ3v) is 7.25. The highest BCUT2D eigenvalue weighted by molar-refractivity contribution is 7.69. The largest absolute Gasteiger partial charge is 0.481 e. The number of nitrogens with zero attached hydrogens (tertiary/aromatic N) is 2. The smallest absolute Gasteiger partial charge is 0.303 e. The molecular formula is C26H31N3O6S. The van der Waals surface area contributed by atoms with Gasteiger partial charge in [0.2, 0.25) is 16.6 Å². The lowest BCUT2D eigenvalue weighted by Gasteiger charge is -2.17. The number of amides is 1. The van der Waals surface area contributed by atoms with Gasteiger partial charge in [0.25, 0.3) is 5.91 Å². The summed E-state index contributed by atoms with van der Waals surface area (Å²) in [7, 11) is -1.27. The van der Waals surface area contributed by atoms with Crippen molar-refractivity contribution < 1.29 is 27.5 Å². The van der Waals surface area contributed by atoms with Crippen LogP contribution in [0.2, 0.25) is 0 Å². The molecule has 2 aromatic heterocycles. The van der Waals surface area contributed by atoms with Gasteiger partial charge in [-0.05, 0) is 50.2 Å². The van der Waals surface area contributed by atoms with Crippen molar-refractivity contribution in [1.29, 1.82) is 0 Å². The van der Waals surface area contributed by atoms with Crippen LogP contribution >= 0.6 is 0 Å². The third kappa shape index (κ3) is 5.93. The molecule has 0 aliphatic heterocycles. The number of fused-ring (bicyclic) bond motifs is 1. The molecular weight excluding hydrogens is 482 g/mol. The zero-order chi connectivity index (χ0) is 25.8. The van der Waals surface area contributed by atoms with Crippen molar-refractivity contribution in [2.45, 2.75) is 57.9 Å². The van der Waals surface area contributed by atoms with Gasteiger partial charge in [-0.25, -0.2) is 13.4 Å². The van der Waals surface area contributed by atoms with Crippen LogP contribution in [0.25, 0.3) is 22.4 Å². The number of aromatic nitrogens is 1. The Bertz CT molecular complexity index is 1330. The number of rotatable bonds is 12. The number of thiol groups is 1. The number of nitrogens with one attached hydrogen (secondary N) is 1. The first-order valence-corrected chi connectivity index (χ1v) is 13.3. The van der Waals surface area contributed by atoms with Crippen molar-refractivity contribution in [2.24, 2.45) is 0 Å². The number of unbranched alkanes of at least 4 members (excludes halogenated alkanes) is 2. The molecule has 192 valence electrons. The van der Waals surface area contributed by atoms with Crippen molar-refractivity contribution in [3.63, 3.8) is 0 Å². The predicted molar refractivity (Wildman–Crippen MR) is 136 cm³/mol. The fraction of sp³-hybridized carbons (Fsp3) is 0.423. The van der Waals surface area contributed by atoms with E-state index in [4.69, 9.17) is 14.5 Å². The van der Waals surface area contributed by atoms with Gasteiger partial charge in [0.15, 0.2) is 0 Å². The number of aryl methyl sites for hydroxylation is 1. The Kier molecular flexibility index (Phi) is 8.05. The van der Waals surface area contributed by atoms with Gasteiger partial charge in [0, 0.05) is 25.6 Å². The summed E-state index contributed by atoms with van der Waals surface area (Å²) in [5.41, 5.74) is 4.13. The minimum Gasteiger partial charge on any atom is -0.481 e. The standard InChI is InChI=1S/C26H31N3O6S/c1-16-7-9-18(10-8-16)24-23(25(32)27-2)20-14-19(17-11-12-17)21(28-26(20)35-24)15-29(36(33)34)13-5-3-4-6-22(30)31/h7-10,14,17,36H,3-6,11-13,15H2,1-2H3,(H,27,32)(H,30,31). The topological polar surface area (TPSA) is 130 Å². The molecule has 4 rings (SSSR count). The number of carbonyl (C=O) groups is 2. The van der Waals surface area contributed by atoms with E-state index in [0.29, 0.717) is 53.9 Å². The van der Waals surface area contributed by atoms with Crippen LogP contribution in [0, 0.1) is 6.92 Å². The summed E-state index contributed by atoms with van der Waals surface area (Å²) in [5, 5.41) is 12.1. The highest BCUT2D eigenvalue weighted by Crippen LogP contribution is 2.44. The highest BCUT2D eigenvalue weighted by Gasteiger charge is 2.31. The number of hydrogen-bond donors (Lipinski definition) is 3. The molecule has 1 aromatic carbocycles. The van der Waals surface area contributed by atoms with Crippen molar-refractivity contribution in [3.8, 4) is 11.3 Å². The molecule has 1 fully saturated rings. The number of benzene rings is 1. The Morgan fingerprint density at radius 2 is 1.89 bits per heavy atom. The second-order valence-corrected chi connectivity index (χ2v) is 10.3. The zero-order valence-electron chi connectivity index (χ0n) is 20.5. The molecule has 0 saturated heterocycles. The van der Waals surface area contributed by atoms with Crippen LogP contribution in [0.15, 0.2) is 34.7 Å². The summed E-state index contributed by atoms with van der Waals surface area (Å²) in [4.78, 5) is 28.3. The van der Waals surface area contributed by atoms with E-state index < -0.39 is 16.9 Å². The van der Waals surface area contributed by atoms with Crippen LogP contribution in [0.4, 0.5) is 0 Å². The van der Waals surface area contributed by atoms with E-state index >= 15 is 0 Å². The van der Waals surface area contributed by atoms with Crippen LogP contribution in [-0.2, 0) is 22.2 Å². The average molecular weight is 514 g/mol. The first kappa shape index (κ1) is 25.8. The van der Waals surface area contributed by atoms with Gasteiger partial charge < -0.3 is 14.8 Å². The van der Waals surface area contributed by atoms with E-state index in [2.05, 4.69) is 5.32 Å². The van der Waals surface area contributed by atoms with Crippen molar-refractivity contribution in [3.05, 3.63) is 52.7 Å². The van der Waals surface area contributed by atoms with Crippen LogP contribution in [0.1, 0.15) is 71.6 Å². The third-order valence-electron chi connectivity index (χ3n) is 6.45. The number of carboxylic acids is 1. The molecule has 1 amide bonds. The quantitative estimate of drug-likeness (QED) is 0.246. The minimum absolute atomic E-state index is 0.0725. The second kappa shape index (κ2) is 11.2. The minimum atomic E-state index is -2.85. The maximum Gasteiger partial charge on any atom is 0.303 e. The summed E-state index contributed by atoms with van der Waals surface area (Å²) >= 11 is 0. The number of furan rings is 1. The van der Waals surface area contributed by atoms with E-state index in [1.165, 1.54) is 4.31 Å². The maximum atomic E-state index is 12.9. The molecule has 1 saturated carbocycles. The first-order valence-electron chi connectivity index (χ1n) is 12.1. The molecule has 2 N–H and O–H groups in total. The van der Waals surface area contributed by atoms with Crippen molar-refractivity contribution >= 4 is 33.9 Å². The second-order valence-electron chi connectivity index (χ2n) is 9.23. The molecule has 10 heteroatoms. The number of hydrogen-bond acceptors (Lipinski definition) is 6. The van der Waals surface area contributed by atoms with E-state index in [1.807, 2.05) is 37.3 Å². The average Bonchev–Trinajstić information content (AvgIpc) is 3.62. The van der Waals surface area contributed by atoms with Crippen LogP contribution < -0.4 is 5.32 Å². The molecule has 2 heterocycles. The highest BCUT2D eigenvalue weighted by atomic mass is 32.2. The lowest BCUT2D eigenvalue weighted by atomic mass is 10.0. The Hall–Kier alpha value is -3.24. The molecule has 3 aromatic rings. The SMILES string of the molecule is CNC(=O)c1c(-c2ccc(C)cc2)oc2nc(CN(CCCCCC(=O)O)[SH](=O)=O)c(C3CC3)cc12. The zero-order valence-corrected chi connectivity index (χ0v) is 21.3. The molecule has 0 unspecified atom stereocenters. The molecule has 1 aliphatic carbocycles. The number of carbonyl (C=O) groups excluding carboxylic acids is 1. The van der Waals surface area contributed by atoms with Gasteiger partial charge in [0.05, 0.1) is 23.2 Å².